The molecule has 0 saturated heterocycles. The highest BCUT2D eigenvalue weighted by molar-refractivity contribution is 6.35. The van der Waals surface area contributed by atoms with E-state index in [1.807, 2.05) is 0 Å². The van der Waals surface area contributed by atoms with Crippen LogP contribution in [0.15, 0.2) is 36.4 Å². The molecule has 2 aromatic rings. The van der Waals surface area contributed by atoms with E-state index in [9.17, 15) is 4.79 Å². The Hall–Kier alpha value is -1.78. The molecule has 4 nitrogen and oxygen atoms in total. The predicted molar refractivity (Wildman–Crippen MR) is 75.2 cm³/mol. The van der Waals surface area contributed by atoms with Gasteiger partial charge in [-0.25, -0.2) is 4.98 Å². The molecule has 0 fully saturated rings. The summed E-state index contributed by atoms with van der Waals surface area (Å²) in [5.74, 6) is 0.364. The van der Waals surface area contributed by atoms with E-state index in [2.05, 4.69) is 10.3 Å². The molecule has 0 bridgehead atoms. The molecule has 1 aromatic heterocycles. The first-order valence-corrected chi connectivity index (χ1v) is 6.13. The van der Waals surface area contributed by atoms with Crippen molar-refractivity contribution in [2.75, 3.05) is 12.4 Å². The van der Waals surface area contributed by atoms with Crippen LogP contribution in [0, 0.1) is 0 Å². The fraction of sp³-hybridized carbons (Fsp3) is 0.0769. The van der Waals surface area contributed by atoms with Crippen molar-refractivity contribution in [3.63, 3.8) is 0 Å². The summed E-state index contributed by atoms with van der Waals surface area (Å²) in [6.45, 7) is 0. The second kappa shape index (κ2) is 5.91. The van der Waals surface area contributed by atoms with Crippen LogP contribution in [0.1, 0.15) is 10.4 Å². The number of nitrogens with one attached hydrogen (secondary N) is 1. The monoisotopic (exact) mass is 296 g/mol. The second-order valence-electron chi connectivity index (χ2n) is 3.65. The maximum absolute atomic E-state index is 12.0. The van der Waals surface area contributed by atoms with Crippen LogP contribution in [0.25, 0.3) is 0 Å². The van der Waals surface area contributed by atoms with Gasteiger partial charge in [0.25, 0.3) is 5.91 Å². The van der Waals surface area contributed by atoms with Crippen LogP contribution in [0.2, 0.25) is 10.3 Å². The van der Waals surface area contributed by atoms with Gasteiger partial charge in [0.05, 0.1) is 12.7 Å². The van der Waals surface area contributed by atoms with E-state index in [4.69, 9.17) is 27.9 Å². The molecule has 98 valence electrons. The Balaban J connectivity index is 2.15. The lowest BCUT2D eigenvalue weighted by Crippen LogP contribution is -2.12. The van der Waals surface area contributed by atoms with Gasteiger partial charge in [0, 0.05) is 5.69 Å². The Morgan fingerprint density at radius 3 is 2.42 bits per heavy atom. The quantitative estimate of drug-likeness (QED) is 0.880. The number of ether oxygens (including phenoxy) is 1. The minimum atomic E-state index is -0.348. The van der Waals surface area contributed by atoms with Crippen molar-refractivity contribution in [3.8, 4) is 5.75 Å². The number of hydrogen-bond acceptors (Lipinski definition) is 3. The summed E-state index contributed by atoms with van der Waals surface area (Å²) >= 11 is 11.5. The Bertz CT molecular complexity index is 600. The van der Waals surface area contributed by atoms with Gasteiger partial charge in [-0.15, -0.1) is 0 Å². The summed E-state index contributed by atoms with van der Waals surface area (Å²) in [6.07, 6.45) is 0. The molecule has 0 aliphatic carbocycles. The molecule has 1 N–H and O–H groups in total. The summed E-state index contributed by atoms with van der Waals surface area (Å²) < 4.78 is 5.03. The summed E-state index contributed by atoms with van der Waals surface area (Å²) in [7, 11) is 1.58. The first-order chi connectivity index (χ1) is 9.10. The number of nitrogens with zero attached hydrogens (tertiary/aromatic N) is 1. The van der Waals surface area contributed by atoms with Gasteiger partial charge in [-0.1, -0.05) is 23.2 Å². The lowest BCUT2D eigenvalue weighted by Gasteiger charge is -2.07. The third-order valence-electron chi connectivity index (χ3n) is 2.41. The van der Waals surface area contributed by atoms with Gasteiger partial charge in [-0.3, -0.25) is 4.79 Å². The lowest BCUT2D eigenvalue weighted by atomic mass is 10.2. The minimum Gasteiger partial charge on any atom is -0.497 e. The van der Waals surface area contributed by atoms with Gasteiger partial charge in [-0.05, 0) is 36.4 Å². The van der Waals surface area contributed by atoms with Crippen LogP contribution in [0.4, 0.5) is 5.69 Å². The molecule has 19 heavy (non-hydrogen) atoms. The van der Waals surface area contributed by atoms with Crippen molar-refractivity contribution in [2.45, 2.75) is 0 Å². The Labute approximate surface area is 120 Å². The van der Waals surface area contributed by atoms with Gasteiger partial charge < -0.3 is 10.1 Å². The number of benzene rings is 1. The van der Waals surface area contributed by atoms with Gasteiger partial charge >= 0.3 is 0 Å². The van der Waals surface area contributed by atoms with Crippen molar-refractivity contribution in [3.05, 3.63) is 52.3 Å². The number of hydrogen-bond donors (Lipinski definition) is 1. The highest BCUT2D eigenvalue weighted by Crippen LogP contribution is 2.19. The van der Waals surface area contributed by atoms with E-state index < -0.39 is 0 Å². The molecular weight excluding hydrogens is 287 g/mol. The number of carbonyl (C=O) groups is 1. The zero-order valence-electron chi connectivity index (χ0n) is 9.98. The van der Waals surface area contributed by atoms with E-state index in [0.29, 0.717) is 11.4 Å². The maximum atomic E-state index is 12.0. The van der Waals surface area contributed by atoms with E-state index in [1.165, 1.54) is 12.1 Å². The third-order valence-corrected chi connectivity index (χ3v) is 2.91. The van der Waals surface area contributed by atoms with Crippen LogP contribution in [-0.2, 0) is 0 Å². The molecule has 0 spiro atoms. The summed E-state index contributed by atoms with van der Waals surface area (Å²) in [5.41, 5.74) is 0.902. The van der Waals surface area contributed by atoms with Crippen molar-refractivity contribution in [1.29, 1.82) is 0 Å². The standard InChI is InChI=1S/C13H10Cl2N2O2/c1-19-9-4-2-8(3-5-9)16-13(18)10-6-7-11(14)17-12(10)15/h2-7H,1H3,(H,16,18). The lowest BCUT2D eigenvalue weighted by molar-refractivity contribution is 0.102. The molecule has 0 atom stereocenters. The van der Waals surface area contributed by atoms with E-state index in [1.54, 1.807) is 31.4 Å². The predicted octanol–water partition coefficient (Wildman–Crippen LogP) is 3.65. The fourth-order valence-corrected chi connectivity index (χ4v) is 1.88. The zero-order valence-corrected chi connectivity index (χ0v) is 11.5. The Morgan fingerprint density at radius 2 is 1.84 bits per heavy atom. The van der Waals surface area contributed by atoms with E-state index >= 15 is 0 Å². The van der Waals surface area contributed by atoms with Crippen LogP contribution in [0.3, 0.4) is 0 Å². The number of anilines is 1. The number of halogens is 2. The van der Waals surface area contributed by atoms with Crippen molar-refractivity contribution in [2.24, 2.45) is 0 Å². The SMILES string of the molecule is COc1ccc(NC(=O)c2ccc(Cl)nc2Cl)cc1. The van der Waals surface area contributed by atoms with E-state index in [-0.39, 0.29) is 21.8 Å². The minimum absolute atomic E-state index is 0.0681. The topological polar surface area (TPSA) is 51.2 Å². The van der Waals surface area contributed by atoms with Crippen molar-refractivity contribution < 1.29 is 9.53 Å². The fourth-order valence-electron chi connectivity index (χ4n) is 1.45. The molecule has 0 unspecified atom stereocenters. The molecule has 1 amide bonds. The first kappa shape index (κ1) is 13.6. The molecule has 6 heteroatoms. The van der Waals surface area contributed by atoms with Crippen LogP contribution in [-0.4, -0.2) is 18.0 Å². The highest BCUT2D eigenvalue weighted by atomic mass is 35.5. The van der Waals surface area contributed by atoms with Crippen LogP contribution < -0.4 is 10.1 Å². The summed E-state index contributed by atoms with van der Waals surface area (Å²) in [5, 5.41) is 3.02. The number of pyridine rings is 1. The Kier molecular flexibility index (Phi) is 4.24. The third kappa shape index (κ3) is 3.36. The molecule has 0 aliphatic heterocycles. The number of methoxy groups -OCH3 is 1. The second-order valence-corrected chi connectivity index (χ2v) is 4.40. The highest BCUT2D eigenvalue weighted by Gasteiger charge is 2.12. The molecule has 2 rings (SSSR count). The molecular formula is C13H10Cl2N2O2. The van der Waals surface area contributed by atoms with E-state index in [0.717, 1.165) is 0 Å². The Morgan fingerprint density at radius 1 is 1.16 bits per heavy atom. The van der Waals surface area contributed by atoms with Crippen LogP contribution in [0.5, 0.6) is 5.75 Å². The summed E-state index contributed by atoms with van der Waals surface area (Å²) in [4.78, 5) is 15.8. The van der Waals surface area contributed by atoms with Gasteiger partial charge in [0.1, 0.15) is 16.1 Å². The van der Waals surface area contributed by atoms with Gasteiger partial charge in [-0.2, -0.15) is 0 Å². The molecule has 0 radical (unpaired) electrons. The number of amides is 1. The smallest absolute Gasteiger partial charge is 0.258 e. The van der Waals surface area contributed by atoms with Gasteiger partial charge in [0.15, 0.2) is 0 Å². The maximum Gasteiger partial charge on any atom is 0.258 e. The molecule has 0 aliphatic rings. The molecule has 1 heterocycles. The number of rotatable bonds is 3. The molecule has 1 aromatic carbocycles. The zero-order chi connectivity index (χ0) is 13.8. The molecule has 0 saturated carbocycles. The number of aromatic nitrogens is 1. The van der Waals surface area contributed by atoms with Crippen molar-refractivity contribution >= 4 is 34.8 Å². The largest absolute Gasteiger partial charge is 0.497 e. The normalized spacial score (nSPS) is 10.1. The average Bonchev–Trinajstić information content (AvgIpc) is 2.39. The van der Waals surface area contributed by atoms with Gasteiger partial charge in [0.2, 0.25) is 0 Å². The van der Waals surface area contributed by atoms with Crippen LogP contribution >= 0.6 is 23.2 Å². The summed E-state index contributed by atoms with van der Waals surface area (Å²) in [6, 6.07) is 9.99. The number of carbonyl (C=O) groups excluding carboxylic acids is 1. The average molecular weight is 297 g/mol. The van der Waals surface area contributed by atoms with Crippen molar-refractivity contribution in [1.82, 2.24) is 4.98 Å². The first-order valence-electron chi connectivity index (χ1n) is 5.37.